The molecule has 0 aliphatic carbocycles. The summed E-state index contributed by atoms with van der Waals surface area (Å²) in [6.07, 6.45) is -1.26. The van der Waals surface area contributed by atoms with E-state index in [1.54, 1.807) is 24.4 Å². The Labute approximate surface area is 207 Å². The van der Waals surface area contributed by atoms with E-state index in [0.29, 0.717) is 15.5 Å². The Morgan fingerprint density at radius 2 is 2.20 bits per heavy atom. The van der Waals surface area contributed by atoms with Crippen LogP contribution in [0.5, 0.6) is 0 Å². The fourth-order valence-corrected chi connectivity index (χ4v) is 6.04. The molecule has 3 aromatic rings. The summed E-state index contributed by atoms with van der Waals surface area (Å²) >= 11 is 3.29. The molecule has 4 N–H and O–H groups in total. The van der Waals surface area contributed by atoms with Gasteiger partial charge in [0.15, 0.2) is 6.23 Å². The van der Waals surface area contributed by atoms with Crippen molar-refractivity contribution in [3.8, 4) is 0 Å². The predicted octanol–water partition coefficient (Wildman–Crippen LogP) is 3.23. The summed E-state index contributed by atoms with van der Waals surface area (Å²) in [5.74, 6) is -0.253. The van der Waals surface area contributed by atoms with Crippen molar-refractivity contribution in [2.75, 3.05) is 18.9 Å². The molecule has 4 heterocycles. The van der Waals surface area contributed by atoms with Crippen molar-refractivity contribution in [2.45, 2.75) is 43.5 Å². The van der Waals surface area contributed by atoms with Gasteiger partial charge in [-0.25, -0.2) is 18.9 Å². The predicted molar refractivity (Wildman–Crippen MR) is 125 cm³/mol. The highest BCUT2D eigenvalue weighted by Gasteiger charge is 2.54. The lowest BCUT2D eigenvalue weighted by molar-refractivity contribution is -0.0951. The number of nitrogen functional groups attached to an aromatic ring is 1. The number of benzene rings is 1. The quantitative estimate of drug-likeness (QED) is 0.388. The Bertz CT molecular complexity index is 1310. The number of nitrogens with two attached hydrogens (primary N) is 1. The molecule has 0 radical (unpaired) electrons. The zero-order valence-electron chi connectivity index (χ0n) is 18.5. The highest BCUT2D eigenvalue weighted by molar-refractivity contribution is 9.10. The van der Waals surface area contributed by atoms with Gasteiger partial charge in [0, 0.05) is 22.7 Å². The maximum atomic E-state index is 14.3. The number of halogens is 2. The normalized spacial score (nSPS) is 33.4. The van der Waals surface area contributed by atoms with E-state index in [0.717, 1.165) is 0 Å². The second-order valence-electron chi connectivity index (χ2n) is 8.54. The highest BCUT2D eigenvalue weighted by Crippen LogP contribution is 2.57. The summed E-state index contributed by atoms with van der Waals surface area (Å²) in [6, 6.07) is 6.03. The summed E-state index contributed by atoms with van der Waals surface area (Å²) in [4.78, 5) is 8.13. The zero-order valence-corrected chi connectivity index (χ0v) is 20.9. The number of nitrogens with zero attached hydrogens (tertiary/aromatic N) is 3. The Kier molecular flexibility index (Phi) is 6.47. The summed E-state index contributed by atoms with van der Waals surface area (Å²) in [6.45, 7) is 0.994. The first-order valence-electron chi connectivity index (χ1n) is 10.7. The number of rotatable bonds is 5. The number of hydrogen-bond donors (Lipinski definition) is 3. The molecular weight excluding hydrogens is 550 g/mol. The van der Waals surface area contributed by atoms with Crippen LogP contribution in [0.15, 0.2) is 41.3 Å². The van der Waals surface area contributed by atoms with Gasteiger partial charge in [0.25, 0.3) is 0 Å². The molecule has 0 amide bonds. The molecule has 2 aliphatic heterocycles. The van der Waals surface area contributed by atoms with Gasteiger partial charge in [0.05, 0.1) is 24.7 Å². The Morgan fingerprint density at radius 3 is 3.00 bits per heavy atom. The molecule has 2 saturated heterocycles. The van der Waals surface area contributed by atoms with Crippen LogP contribution in [-0.4, -0.2) is 55.8 Å². The number of hydrogen-bond acceptors (Lipinski definition) is 10. The van der Waals surface area contributed by atoms with E-state index in [1.165, 1.54) is 23.9 Å². The van der Waals surface area contributed by atoms with Crippen molar-refractivity contribution in [2.24, 2.45) is 0 Å². The summed E-state index contributed by atoms with van der Waals surface area (Å²) < 4.78 is 51.7. The molecule has 0 spiro atoms. The Balaban J connectivity index is 1.32. The van der Waals surface area contributed by atoms with Crippen LogP contribution in [0.2, 0.25) is 0 Å². The maximum Gasteiger partial charge on any atom is 0.475 e. The standard InChI is InChI=1S/C21H23BrFN4O7P/c1-21(29)17(28)16(33-20(21)27-6-4-12-18(24)25-10-26-19(12)27)9-32-35(30)31-7-5-15(34-35)13-8-11(22)2-3-14(13)23/h2-4,6,8,10,15-17,20,28-29H,5,7,9H2,1H3,(H2,24,25,26)/t15-,16+,17+,20+,21+,35?/m0/s1. The molecule has 11 nitrogen and oxygen atoms in total. The third-order valence-electron chi connectivity index (χ3n) is 6.13. The lowest BCUT2D eigenvalue weighted by Crippen LogP contribution is -2.44. The third-order valence-corrected chi connectivity index (χ3v) is 8.10. The molecule has 1 aromatic carbocycles. The number of phosphoric ester groups is 1. The van der Waals surface area contributed by atoms with Crippen LogP contribution in [0.3, 0.4) is 0 Å². The second-order valence-corrected chi connectivity index (χ2v) is 11.1. The van der Waals surface area contributed by atoms with Crippen LogP contribution in [-0.2, 0) is 22.9 Å². The van der Waals surface area contributed by atoms with Crippen molar-refractivity contribution in [3.63, 3.8) is 0 Å². The van der Waals surface area contributed by atoms with Crippen LogP contribution in [0, 0.1) is 5.82 Å². The number of ether oxygens (including phenoxy) is 1. The van der Waals surface area contributed by atoms with Crippen LogP contribution in [0.25, 0.3) is 11.0 Å². The van der Waals surface area contributed by atoms with Gasteiger partial charge < -0.3 is 25.3 Å². The number of aliphatic hydroxyl groups is 2. The molecule has 35 heavy (non-hydrogen) atoms. The number of aliphatic hydroxyl groups excluding tert-OH is 1. The van der Waals surface area contributed by atoms with Crippen molar-refractivity contribution < 1.29 is 37.5 Å². The summed E-state index contributed by atoms with van der Waals surface area (Å²) in [5, 5.41) is 22.4. The SMILES string of the molecule is C[C@@]1(O)[C@H](O)[C@@H](COP2(=O)OCC[C@@H](c3cc(Br)ccc3F)O2)O[C@H]1n1ccc2c(N)ncnc21. The molecule has 14 heteroatoms. The van der Waals surface area contributed by atoms with Gasteiger partial charge in [-0.15, -0.1) is 0 Å². The van der Waals surface area contributed by atoms with Gasteiger partial charge in [-0.3, -0.25) is 13.6 Å². The molecule has 1 unspecified atom stereocenters. The van der Waals surface area contributed by atoms with Crippen molar-refractivity contribution in [1.82, 2.24) is 14.5 Å². The number of fused-ring (bicyclic) bond motifs is 1. The molecule has 6 atom stereocenters. The van der Waals surface area contributed by atoms with E-state index in [2.05, 4.69) is 25.9 Å². The molecule has 0 saturated carbocycles. The van der Waals surface area contributed by atoms with Gasteiger partial charge >= 0.3 is 7.82 Å². The van der Waals surface area contributed by atoms with E-state index in [9.17, 15) is 19.2 Å². The Hall–Kier alpha value is -1.96. The topological polar surface area (TPSA) is 151 Å². The van der Waals surface area contributed by atoms with E-state index < -0.39 is 50.4 Å². The third kappa shape index (κ3) is 4.51. The average molecular weight is 573 g/mol. The minimum absolute atomic E-state index is 0.0127. The van der Waals surface area contributed by atoms with Gasteiger partial charge in [0.2, 0.25) is 0 Å². The molecular formula is C21H23BrFN4O7P. The van der Waals surface area contributed by atoms with Crippen LogP contribution in [0.4, 0.5) is 10.2 Å². The first-order valence-corrected chi connectivity index (χ1v) is 13.0. The number of phosphoric acid groups is 1. The number of anilines is 1. The molecule has 2 aromatic heterocycles. The summed E-state index contributed by atoms with van der Waals surface area (Å²) in [7, 11) is -4.11. The van der Waals surface area contributed by atoms with E-state index in [4.69, 9.17) is 24.0 Å². The minimum Gasteiger partial charge on any atom is -0.387 e. The molecule has 5 rings (SSSR count). The molecule has 0 bridgehead atoms. The van der Waals surface area contributed by atoms with Gasteiger partial charge in [0.1, 0.15) is 41.4 Å². The van der Waals surface area contributed by atoms with Gasteiger partial charge in [-0.1, -0.05) is 15.9 Å². The Morgan fingerprint density at radius 1 is 1.40 bits per heavy atom. The van der Waals surface area contributed by atoms with E-state index in [1.807, 2.05) is 0 Å². The largest absolute Gasteiger partial charge is 0.475 e. The van der Waals surface area contributed by atoms with Crippen LogP contribution >= 0.6 is 23.8 Å². The lowest BCUT2D eigenvalue weighted by atomic mass is 9.96. The molecule has 188 valence electrons. The maximum absolute atomic E-state index is 14.3. The second kappa shape index (κ2) is 9.16. The minimum atomic E-state index is -4.11. The fraction of sp³-hybridized carbons (Fsp3) is 0.429. The van der Waals surface area contributed by atoms with Gasteiger partial charge in [-0.05, 0) is 31.2 Å². The number of aromatic nitrogens is 3. The highest BCUT2D eigenvalue weighted by atomic mass is 79.9. The van der Waals surface area contributed by atoms with Gasteiger partial charge in [-0.2, -0.15) is 0 Å². The van der Waals surface area contributed by atoms with E-state index in [-0.39, 0.29) is 24.4 Å². The van der Waals surface area contributed by atoms with E-state index >= 15 is 0 Å². The van der Waals surface area contributed by atoms with Crippen molar-refractivity contribution >= 4 is 40.6 Å². The lowest BCUT2D eigenvalue weighted by Gasteiger charge is -2.30. The van der Waals surface area contributed by atoms with Crippen molar-refractivity contribution in [3.05, 3.63) is 52.6 Å². The molecule has 2 fully saturated rings. The average Bonchev–Trinajstić information content (AvgIpc) is 3.34. The smallest absolute Gasteiger partial charge is 0.387 e. The van der Waals surface area contributed by atoms with Crippen molar-refractivity contribution in [1.29, 1.82) is 0 Å². The zero-order chi connectivity index (χ0) is 25.0. The fourth-order valence-electron chi connectivity index (χ4n) is 4.27. The van der Waals surface area contributed by atoms with Crippen LogP contribution in [0.1, 0.15) is 31.2 Å². The first kappa shape index (κ1) is 24.7. The summed E-state index contributed by atoms with van der Waals surface area (Å²) in [5.41, 5.74) is 4.74. The van der Waals surface area contributed by atoms with Crippen LogP contribution < -0.4 is 5.73 Å². The first-order chi connectivity index (χ1) is 16.6. The monoisotopic (exact) mass is 572 g/mol. The molecule has 2 aliphatic rings.